The first-order valence-corrected chi connectivity index (χ1v) is 4.89. The Morgan fingerprint density at radius 2 is 2.19 bits per heavy atom. The molecule has 1 aromatic carbocycles. The van der Waals surface area contributed by atoms with Gasteiger partial charge in [-0.15, -0.1) is 6.42 Å². The van der Waals surface area contributed by atoms with Crippen LogP contribution in [0.4, 0.5) is 10.5 Å². The SMILES string of the molecule is C#Cc1cccc(N2CCC(=O)NC2=O)c1. The summed E-state index contributed by atoms with van der Waals surface area (Å²) in [5.41, 5.74) is 1.42. The van der Waals surface area contributed by atoms with E-state index in [4.69, 9.17) is 6.42 Å². The number of anilines is 1. The standard InChI is InChI=1S/C12H10N2O2/c1-2-9-4-3-5-10(8-9)14-7-6-11(15)13-12(14)16/h1,3-5,8H,6-7H2,(H,13,15,16). The Morgan fingerprint density at radius 3 is 2.88 bits per heavy atom. The smallest absolute Gasteiger partial charge is 0.294 e. The molecule has 0 spiro atoms. The Labute approximate surface area is 93.2 Å². The first-order chi connectivity index (χ1) is 7.70. The van der Waals surface area contributed by atoms with Crippen molar-refractivity contribution in [1.82, 2.24) is 5.32 Å². The largest absolute Gasteiger partial charge is 0.328 e. The van der Waals surface area contributed by atoms with E-state index in [9.17, 15) is 9.59 Å². The summed E-state index contributed by atoms with van der Waals surface area (Å²) >= 11 is 0. The monoisotopic (exact) mass is 214 g/mol. The molecule has 0 unspecified atom stereocenters. The van der Waals surface area contributed by atoms with Crippen LogP contribution >= 0.6 is 0 Å². The van der Waals surface area contributed by atoms with Gasteiger partial charge in [0.15, 0.2) is 0 Å². The summed E-state index contributed by atoms with van der Waals surface area (Å²) in [7, 11) is 0. The van der Waals surface area contributed by atoms with Crippen LogP contribution in [0.3, 0.4) is 0 Å². The lowest BCUT2D eigenvalue weighted by Crippen LogP contribution is -2.49. The number of carbonyl (C=O) groups is 2. The highest BCUT2D eigenvalue weighted by molar-refractivity contribution is 6.05. The number of rotatable bonds is 1. The average molecular weight is 214 g/mol. The summed E-state index contributed by atoms with van der Waals surface area (Å²) in [5.74, 6) is 2.26. The van der Waals surface area contributed by atoms with Gasteiger partial charge in [0, 0.05) is 24.2 Å². The van der Waals surface area contributed by atoms with Crippen LogP contribution in [0.5, 0.6) is 0 Å². The van der Waals surface area contributed by atoms with Gasteiger partial charge in [0.05, 0.1) is 0 Å². The fourth-order valence-corrected chi connectivity index (χ4v) is 1.57. The Hall–Kier alpha value is -2.28. The molecule has 0 aromatic heterocycles. The van der Waals surface area contributed by atoms with Crippen molar-refractivity contribution in [2.24, 2.45) is 0 Å². The topological polar surface area (TPSA) is 49.4 Å². The van der Waals surface area contributed by atoms with Crippen molar-refractivity contribution in [3.8, 4) is 12.3 Å². The summed E-state index contributed by atoms with van der Waals surface area (Å²) in [6.45, 7) is 0.388. The number of terminal acetylenes is 1. The fraction of sp³-hybridized carbons (Fsp3) is 0.167. The van der Waals surface area contributed by atoms with E-state index in [1.54, 1.807) is 24.3 Å². The van der Waals surface area contributed by atoms with Gasteiger partial charge < -0.3 is 0 Å². The number of nitrogens with zero attached hydrogens (tertiary/aromatic N) is 1. The second-order valence-corrected chi connectivity index (χ2v) is 3.45. The van der Waals surface area contributed by atoms with Crippen molar-refractivity contribution in [3.05, 3.63) is 29.8 Å². The van der Waals surface area contributed by atoms with Crippen LogP contribution in [0.2, 0.25) is 0 Å². The molecular formula is C12H10N2O2. The molecule has 1 N–H and O–H groups in total. The summed E-state index contributed by atoms with van der Waals surface area (Å²) in [6, 6.07) is 6.71. The molecule has 1 aliphatic heterocycles. The Morgan fingerprint density at radius 1 is 1.38 bits per heavy atom. The molecule has 1 aromatic rings. The molecule has 16 heavy (non-hydrogen) atoms. The van der Waals surface area contributed by atoms with E-state index in [-0.39, 0.29) is 5.91 Å². The number of amides is 3. The normalized spacial score (nSPS) is 15.6. The Bertz CT molecular complexity index is 488. The Balaban J connectivity index is 2.27. The van der Waals surface area contributed by atoms with Crippen LogP contribution < -0.4 is 10.2 Å². The van der Waals surface area contributed by atoms with Crippen molar-refractivity contribution in [1.29, 1.82) is 0 Å². The molecule has 1 aliphatic rings. The van der Waals surface area contributed by atoms with Crippen molar-refractivity contribution < 1.29 is 9.59 Å². The maximum absolute atomic E-state index is 11.5. The predicted octanol–water partition coefficient (Wildman–Crippen LogP) is 1.11. The lowest BCUT2D eigenvalue weighted by Gasteiger charge is -2.26. The highest BCUT2D eigenvalue weighted by Crippen LogP contribution is 2.18. The summed E-state index contributed by atoms with van der Waals surface area (Å²) in [6.07, 6.45) is 5.59. The lowest BCUT2D eigenvalue weighted by atomic mass is 10.2. The second-order valence-electron chi connectivity index (χ2n) is 3.45. The van der Waals surface area contributed by atoms with Gasteiger partial charge in [-0.2, -0.15) is 0 Å². The van der Waals surface area contributed by atoms with Crippen LogP contribution in [0.1, 0.15) is 12.0 Å². The second kappa shape index (κ2) is 4.07. The quantitative estimate of drug-likeness (QED) is 0.712. The van der Waals surface area contributed by atoms with Gasteiger partial charge in [0.1, 0.15) is 0 Å². The highest BCUT2D eigenvalue weighted by atomic mass is 16.2. The van der Waals surface area contributed by atoms with Gasteiger partial charge in [-0.3, -0.25) is 15.0 Å². The van der Waals surface area contributed by atoms with Gasteiger partial charge in [0.2, 0.25) is 5.91 Å². The molecule has 1 saturated heterocycles. The minimum Gasteiger partial charge on any atom is -0.294 e. The first kappa shape index (κ1) is 10.2. The van der Waals surface area contributed by atoms with Crippen LogP contribution in [0.15, 0.2) is 24.3 Å². The lowest BCUT2D eigenvalue weighted by molar-refractivity contribution is -0.120. The molecule has 0 aliphatic carbocycles. The van der Waals surface area contributed by atoms with Crippen molar-refractivity contribution >= 4 is 17.6 Å². The van der Waals surface area contributed by atoms with E-state index in [1.165, 1.54) is 4.90 Å². The van der Waals surface area contributed by atoms with E-state index < -0.39 is 6.03 Å². The third-order valence-electron chi connectivity index (χ3n) is 2.38. The third kappa shape index (κ3) is 1.89. The van der Waals surface area contributed by atoms with Crippen LogP contribution in [0, 0.1) is 12.3 Å². The fourth-order valence-electron chi connectivity index (χ4n) is 1.57. The zero-order valence-electron chi connectivity index (χ0n) is 8.56. The molecule has 2 rings (SSSR count). The van der Waals surface area contributed by atoms with Gasteiger partial charge in [-0.1, -0.05) is 12.0 Å². The van der Waals surface area contributed by atoms with E-state index in [0.29, 0.717) is 24.2 Å². The number of carbonyl (C=O) groups excluding carboxylic acids is 2. The van der Waals surface area contributed by atoms with Crippen LogP contribution in [-0.4, -0.2) is 18.5 Å². The molecule has 1 heterocycles. The summed E-state index contributed by atoms with van der Waals surface area (Å²) < 4.78 is 0. The summed E-state index contributed by atoms with van der Waals surface area (Å²) in [5, 5.41) is 2.26. The van der Waals surface area contributed by atoms with Crippen molar-refractivity contribution in [3.63, 3.8) is 0 Å². The number of benzene rings is 1. The molecule has 4 heteroatoms. The average Bonchev–Trinajstić information content (AvgIpc) is 2.29. The van der Waals surface area contributed by atoms with E-state index in [0.717, 1.165) is 0 Å². The first-order valence-electron chi connectivity index (χ1n) is 4.89. The maximum Gasteiger partial charge on any atom is 0.328 e. The molecule has 4 nitrogen and oxygen atoms in total. The van der Waals surface area contributed by atoms with E-state index in [2.05, 4.69) is 11.2 Å². The van der Waals surface area contributed by atoms with Crippen molar-refractivity contribution in [2.75, 3.05) is 11.4 Å². The molecular weight excluding hydrogens is 204 g/mol. The zero-order chi connectivity index (χ0) is 11.5. The molecule has 0 saturated carbocycles. The molecule has 0 radical (unpaired) electrons. The minimum absolute atomic E-state index is 0.241. The number of hydrogen-bond acceptors (Lipinski definition) is 2. The van der Waals surface area contributed by atoms with E-state index >= 15 is 0 Å². The Kier molecular flexibility index (Phi) is 2.61. The highest BCUT2D eigenvalue weighted by Gasteiger charge is 2.23. The van der Waals surface area contributed by atoms with Gasteiger partial charge in [-0.05, 0) is 18.2 Å². The predicted molar refractivity (Wildman–Crippen MR) is 59.9 cm³/mol. The van der Waals surface area contributed by atoms with Gasteiger partial charge in [-0.25, -0.2) is 4.79 Å². The van der Waals surface area contributed by atoms with E-state index in [1.807, 2.05) is 0 Å². The number of nitrogens with one attached hydrogen (secondary N) is 1. The number of hydrogen-bond donors (Lipinski definition) is 1. The molecule has 0 atom stereocenters. The number of urea groups is 1. The third-order valence-corrected chi connectivity index (χ3v) is 2.38. The zero-order valence-corrected chi connectivity index (χ0v) is 8.56. The van der Waals surface area contributed by atoms with Gasteiger partial charge >= 0.3 is 6.03 Å². The van der Waals surface area contributed by atoms with Crippen LogP contribution in [-0.2, 0) is 4.79 Å². The summed E-state index contributed by atoms with van der Waals surface area (Å²) in [4.78, 5) is 24.0. The molecule has 0 bridgehead atoms. The minimum atomic E-state index is -0.398. The van der Waals surface area contributed by atoms with Crippen LogP contribution in [0.25, 0.3) is 0 Å². The maximum atomic E-state index is 11.5. The molecule has 80 valence electrons. The number of imide groups is 1. The van der Waals surface area contributed by atoms with Gasteiger partial charge in [0.25, 0.3) is 0 Å². The molecule has 3 amide bonds. The van der Waals surface area contributed by atoms with Crippen molar-refractivity contribution in [2.45, 2.75) is 6.42 Å². The molecule has 1 fully saturated rings.